The van der Waals surface area contributed by atoms with E-state index in [4.69, 9.17) is 9.26 Å². The molecule has 3 amide bonds. The van der Waals surface area contributed by atoms with Crippen LogP contribution in [0.4, 0.5) is 5.82 Å². The first-order valence-electron chi connectivity index (χ1n) is 10.4. The summed E-state index contributed by atoms with van der Waals surface area (Å²) in [6, 6.07) is 9.18. The summed E-state index contributed by atoms with van der Waals surface area (Å²) in [5.74, 6) is 1.74. The minimum Gasteiger partial charge on any atom is -0.496 e. The Hall–Kier alpha value is -3.01. The van der Waals surface area contributed by atoms with Gasteiger partial charge in [-0.05, 0) is 25.8 Å². The number of ether oxygens (including phenoxy) is 1. The second-order valence-corrected chi connectivity index (χ2v) is 8.56. The first-order chi connectivity index (χ1) is 15.4. The van der Waals surface area contributed by atoms with Crippen LogP contribution in [0.2, 0.25) is 0 Å². The van der Waals surface area contributed by atoms with Crippen molar-refractivity contribution in [2.24, 2.45) is 0 Å². The SMILES string of the molecule is COc1ccccc1CC(=O)N1CCC(NC(=O)CSCC(=O)Nc2cc(C)on2)CC1. The number of aromatic nitrogens is 1. The van der Waals surface area contributed by atoms with E-state index in [0.29, 0.717) is 49.7 Å². The van der Waals surface area contributed by atoms with Gasteiger partial charge in [0, 0.05) is 30.8 Å². The summed E-state index contributed by atoms with van der Waals surface area (Å²) in [4.78, 5) is 38.5. The zero-order valence-electron chi connectivity index (χ0n) is 18.3. The Labute approximate surface area is 191 Å². The Morgan fingerprint density at radius 3 is 2.59 bits per heavy atom. The van der Waals surface area contributed by atoms with Gasteiger partial charge in [-0.25, -0.2) is 0 Å². The smallest absolute Gasteiger partial charge is 0.235 e. The van der Waals surface area contributed by atoms with Gasteiger partial charge in [-0.15, -0.1) is 11.8 Å². The van der Waals surface area contributed by atoms with Gasteiger partial charge in [-0.1, -0.05) is 23.4 Å². The number of carbonyl (C=O) groups excluding carboxylic acids is 3. The van der Waals surface area contributed by atoms with Gasteiger partial charge in [-0.2, -0.15) is 0 Å². The standard InChI is InChI=1S/C22H28N4O5S/c1-15-11-19(25-31-15)24-21(28)14-32-13-20(27)23-17-7-9-26(10-8-17)22(29)12-16-5-3-4-6-18(16)30-2/h3-6,11,17H,7-10,12-14H2,1-2H3,(H,23,27)(H,24,25,28). The molecule has 9 nitrogen and oxygen atoms in total. The Morgan fingerprint density at radius 1 is 1.19 bits per heavy atom. The highest BCUT2D eigenvalue weighted by Crippen LogP contribution is 2.20. The number of para-hydroxylation sites is 1. The third-order valence-corrected chi connectivity index (χ3v) is 6.04. The topological polar surface area (TPSA) is 114 Å². The van der Waals surface area contributed by atoms with Gasteiger partial charge >= 0.3 is 0 Å². The lowest BCUT2D eigenvalue weighted by molar-refractivity contribution is -0.131. The lowest BCUT2D eigenvalue weighted by Gasteiger charge is -2.32. The fourth-order valence-electron chi connectivity index (χ4n) is 3.51. The van der Waals surface area contributed by atoms with E-state index in [9.17, 15) is 14.4 Å². The lowest BCUT2D eigenvalue weighted by atomic mass is 10.0. The summed E-state index contributed by atoms with van der Waals surface area (Å²) < 4.78 is 10.2. The van der Waals surface area contributed by atoms with Crippen LogP contribution in [0.3, 0.4) is 0 Å². The van der Waals surface area contributed by atoms with Crippen molar-refractivity contribution in [3.63, 3.8) is 0 Å². The lowest BCUT2D eigenvalue weighted by Crippen LogP contribution is -2.47. The van der Waals surface area contributed by atoms with E-state index in [-0.39, 0.29) is 35.3 Å². The molecule has 1 aromatic carbocycles. The molecule has 0 unspecified atom stereocenters. The highest BCUT2D eigenvalue weighted by atomic mass is 32.2. The van der Waals surface area contributed by atoms with E-state index in [1.807, 2.05) is 29.2 Å². The minimum atomic E-state index is -0.238. The van der Waals surface area contributed by atoms with Crippen molar-refractivity contribution in [2.75, 3.05) is 37.0 Å². The largest absolute Gasteiger partial charge is 0.496 e. The van der Waals surface area contributed by atoms with E-state index >= 15 is 0 Å². The monoisotopic (exact) mass is 460 g/mol. The average Bonchev–Trinajstić information content (AvgIpc) is 3.19. The summed E-state index contributed by atoms with van der Waals surface area (Å²) in [7, 11) is 1.60. The predicted octanol–water partition coefficient (Wildman–Crippen LogP) is 2.01. The number of methoxy groups -OCH3 is 1. The Morgan fingerprint density at radius 2 is 1.91 bits per heavy atom. The number of rotatable bonds is 9. The number of thioether (sulfide) groups is 1. The molecule has 1 aliphatic heterocycles. The summed E-state index contributed by atoms with van der Waals surface area (Å²) >= 11 is 1.24. The zero-order valence-corrected chi connectivity index (χ0v) is 19.1. The average molecular weight is 461 g/mol. The molecule has 0 bridgehead atoms. The van der Waals surface area contributed by atoms with Crippen LogP contribution in [-0.2, 0) is 20.8 Å². The molecule has 2 heterocycles. The first-order valence-corrected chi connectivity index (χ1v) is 11.6. The number of carbonyl (C=O) groups is 3. The van der Waals surface area contributed by atoms with Crippen LogP contribution in [0, 0.1) is 6.92 Å². The fourth-order valence-corrected chi connectivity index (χ4v) is 4.14. The third-order valence-electron chi connectivity index (χ3n) is 5.11. The van der Waals surface area contributed by atoms with Crippen molar-refractivity contribution in [3.05, 3.63) is 41.7 Å². The van der Waals surface area contributed by atoms with Crippen LogP contribution in [-0.4, -0.2) is 65.5 Å². The van der Waals surface area contributed by atoms with Gasteiger partial charge in [-0.3, -0.25) is 14.4 Å². The van der Waals surface area contributed by atoms with E-state index < -0.39 is 0 Å². The number of anilines is 1. The molecule has 32 heavy (non-hydrogen) atoms. The first kappa shape index (κ1) is 23.6. The van der Waals surface area contributed by atoms with Crippen molar-refractivity contribution >= 4 is 35.3 Å². The molecule has 1 fully saturated rings. The number of hydrogen-bond donors (Lipinski definition) is 2. The molecule has 1 aromatic heterocycles. The minimum absolute atomic E-state index is 0.0327. The Balaban J connectivity index is 1.33. The fraction of sp³-hybridized carbons (Fsp3) is 0.455. The Bertz CT molecular complexity index is 940. The van der Waals surface area contributed by atoms with Crippen molar-refractivity contribution in [1.29, 1.82) is 0 Å². The second-order valence-electron chi connectivity index (χ2n) is 7.57. The van der Waals surface area contributed by atoms with Gasteiger partial charge in [0.2, 0.25) is 17.7 Å². The van der Waals surface area contributed by atoms with Crippen LogP contribution in [0.5, 0.6) is 5.75 Å². The molecule has 2 aromatic rings. The highest BCUT2D eigenvalue weighted by Gasteiger charge is 2.24. The number of piperidine rings is 1. The van der Waals surface area contributed by atoms with Gasteiger partial charge in [0.05, 0.1) is 25.0 Å². The third kappa shape index (κ3) is 7.01. The number of hydrogen-bond acceptors (Lipinski definition) is 7. The number of benzene rings is 1. The molecule has 10 heteroatoms. The van der Waals surface area contributed by atoms with Crippen LogP contribution in [0.25, 0.3) is 0 Å². The Kier molecular flexibility index (Phi) is 8.55. The summed E-state index contributed by atoms with van der Waals surface area (Å²) in [6.07, 6.45) is 1.72. The molecule has 3 rings (SSSR count). The van der Waals surface area contributed by atoms with E-state index in [2.05, 4.69) is 15.8 Å². The summed E-state index contributed by atoms with van der Waals surface area (Å²) in [6.45, 7) is 2.94. The van der Waals surface area contributed by atoms with Gasteiger partial charge in [0.25, 0.3) is 0 Å². The molecular weight excluding hydrogens is 432 g/mol. The molecule has 0 aliphatic carbocycles. The molecule has 2 N–H and O–H groups in total. The van der Waals surface area contributed by atoms with Crippen molar-refractivity contribution in [1.82, 2.24) is 15.4 Å². The highest BCUT2D eigenvalue weighted by molar-refractivity contribution is 8.00. The molecule has 1 aliphatic rings. The number of nitrogens with zero attached hydrogens (tertiary/aromatic N) is 2. The number of likely N-dealkylation sites (tertiary alicyclic amines) is 1. The molecule has 1 saturated heterocycles. The molecule has 0 radical (unpaired) electrons. The van der Waals surface area contributed by atoms with Crippen LogP contribution < -0.4 is 15.4 Å². The zero-order chi connectivity index (χ0) is 22.9. The number of nitrogens with one attached hydrogen (secondary N) is 2. The maximum atomic E-state index is 12.6. The quantitative estimate of drug-likeness (QED) is 0.588. The normalized spacial score (nSPS) is 14.1. The molecule has 172 valence electrons. The van der Waals surface area contributed by atoms with E-state index in [0.717, 1.165) is 5.56 Å². The van der Waals surface area contributed by atoms with E-state index in [1.54, 1.807) is 20.1 Å². The predicted molar refractivity (Wildman–Crippen MR) is 122 cm³/mol. The van der Waals surface area contributed by atoms with Gasteiger partial charge in [0.1, 0.15) is 11.5 Å². The maximum Gasteiger partial charge on any atom is 0.235 e. The van der Waals surface area contributed by atoms with Crippen molar-refractivity contribution < 1.29 is 23.6 Å². The second kappa shape index (κ2) is 11.6. The number of aryl methyl sites for hydroxylation is 1. The summed E-state index contributed by atoms with van der Waals surface area (Å²) in [5.41, 5.74) is 0.871. The molecule has 0 saturated carbocycles. The van der Waals surface area contributed by atoms with Crippen LogP contribution in [0.15, 0.2) is 34.9 Å². The molecule has 0 spiro atoms. The van der Waals surface area contributed by atoms with Gasteiger partial charge < -0.3 is 24.8 Å². The maximum absolute atomic E-state index is 12.6. The van der Waals surface area contributed by atoms with Crippen LogP contribution in [0.1, 0.15) is 24.2 Å². The van der Waals surface area contributed by atoms with E-state index in [1.165, 1.54) is 11.8 Å². The number of amides is 3. The van der Waals surface area contributed by atoms with Crippen molar-refractivity contribution in [2.45, 2.75) is 32.2 Å². The molecular formula is C22H28N4O5S. The summed E-state index contributed by atoms with van der Waals surface area (Å²) in [5, 5.41) is 9.31. The van der Waals surface area contributed by atoms with Crippen LogP contribution >= 0.6 is 11.8 Å². The molecule has 0 atom stereocenters. The van der Waals surface area contributed by atoms with Gasteiger partial charge in [0.15, 0.2) is 5.82 Å². The van der Waals surface area contributed by atoms with Crippen molar-refractivity contribution in [3.8, 4) is 5.75 Å².